The van der Waals surface area contributed by atoms with Crippen molar-refractivity contribution < 1.29 is 0 Å². The van der Waals surface area contributed by atoms with Gasteiger partial charge in [0.15, 0.2) is 0 Å². The van der Waals surface area contributed by atoms with Crippen LogP contribution >= 0.6 is 0 Å². The normalized spacial score (nSPS) is 9.94. The first kappa shape index (κ1) is 12.8. The maximum atomic E-state index is 2.41. The third kappa shape index (κ3) is 5.01. The van der Waals surface area contributed by atoms with Gasteiger partial charge < -0.3 is 4.90 Å². The van der Waals surface area contributed by atoms with Gasteiger partial charge in [-0.15, -0.1) is 0 Å². The van der Waals surface area contributed by atoms with Gasteiger partial charge in [0.05, 0.1) is 0 Å². The second-order valence-electron chi connectivity index (χ2n) is 4.52. The van der Waals surface area contributed by atoms with Crippen molar-refractivity contribution in [3.63, 3.8) is 0 Å². The van der Waals surface area contributed by atoms with E-state index in [9.17, 15) is 0 Å². The average Bonchev–Trinajstić information content (AvgIpc) is 2.26. The molecule has 0 saturated heterocycles. The van der Waals surface area contributed by atoms with E-state index in [1.54, 1.807) is 0 Å². The van der Waals surface area contributed by atoms with E-state index in [4.69, 9.17) is 0 Å². The van der Waals surface area contributed by atoms with Gasteiger partial charge in [-0.25, -0.2) is 0 Å². The molecule has 0 spiro atoms. The van der Waals surface area contributed by atoms with Gasteiger partial charge in [0.2, 0.25) is 0 Å². The number of allylic oxidation sites excluding steroid dienone is 1. The summed E-state index contributed by atoms with van der Waals surface area (Å²) >= 11 is 0. The fourth-order valence-corrected chi connectivity index (χ4v) is 1.73. The van der Waals surface area contributed by atoms with Crippen LogP contribution in [0.2, 0.25) is 0 Å². The molecular formula is C15H23N. The molecule has 1 heteroatoms. The van der Waals surface area contributed by atoms with E-state index >= 15 is 0 Å². The molecular weight excluding hydrogens is 194 g/mol. The zero-order valence-electron chi connectivity index (χ0n) is 10.7. The van der Waals surface area contributed by atoms with Crippen LogP contribution in [-0.2, 0) is 6.54 Å². The van der Waals surface area contributed by atoms with Crippen molar-refractivity contribution in [3.8, 4) is 0 Å². The predicted molar refractivity (Wildman–Crippen MR) is 71.2 cm³/mol. The first-order valence-corrected chi connectivity index (χ1v) is 6.15. The lowest BCUT2D eigenvalue weighted by atomic mass is 10.2. The van der Waals surface area contributed by atoms with E-state index in [-0.39, 0.29) is 0 Å². The molecule has 88 valence electrons. The van der Waals surface area contributed by atoms with Gasteiger partial charge in [0, 0.05) is 13.1 Å². The lowest BCUT2D eigenvalue weighted by Gasteiger charge is -2.21. The summed E-state index contributed by atoms with van der Waals surface area (Å²) in [6.45, 7) is 8.72. The molecule has 0 saturated carbocycles. The first-order valence-electron chi connectivity index (χ1n) is 6.15. The van der Waals surface area contributed by atoms with Crippen LogP contribution < -0.4 is 0 Å². The zero-order valence-corrected chi connectivity index (χ0v) is 10.7. The summed E-state index contributed by atoms with van der Waals surface area (Å²) in [6, 6.07) is 10.7. The Balaban J connectivity index is 2.59. The van der Waals surface area contributed by atoms with Crippen molar-refractivity contribution in [2.45, 2.75) is 40.2 Å². The molecule has 0 amide bonds. The van der Waals surface area contributed by atoms with Gasteiger partial charge in [-0.3, -0.25) is 0 Å². The van der Waals surface area contributed by atoms with E-state index in [0.29, 0.717) is 0 Å². The van der Waals surface area contributed by atoms with Crippen LogP contribution in [0, 0.1) is 0 Å². The Labute approximate surface area is 99.8 Å². The van der Waals surface area contributed by atoms with Gasteiger partial charge in [-0.2, -0.15) is 0 Å². The molecule has 1 nitrogen and oxygen atoms in total. The van der Waals surface area contributed by atoms with Crippen LogP contribution in [0.25, 0.3) is 0 Å². The van der Waals surface area contributed by atoms with Crippen molar-refractivity contribution in [1.29, 1.82) is 0 Å². The Morgan fingerprint density at radius 2 is 1.88 bits per heavy atom. The second kappa shape index (κ2) is 7.10. The van der Waals surface area contributed by atoms with Crippen LogP contribution in [-0.4, -0.2) is 11.4 Å². The molecule has 0 aliphatic rings. The minimum atomic E-state index is 1.02. The van der Waals surface area contributed by atoms with Gasteiger partial charge in [-0.1, -0.05) is 49.2 Å². The van der Waals surface area contributed by atoms with Crippen molar-refractivity contribution >= 4 is 0 Å². The lowest BCUT2D eigenvalue weighted by Crippen LogP contribution is -2.18. The maximum absolute atomic E-state index is 2.41. The van der Waals surface area contributed by atoms with Crippen molar-refractivity contribution in [1.82, 2.24) is 4.90 Å². The number of rotatable bonds is 6. The Morgan fingerprint density at radius 3 is 2.44 bits per heavy atom. The van der Waals surface area contributed by atoms with E-state index in [0.717, 1.165) is 13.1 Å². The van der Waals surface area contributed by atoms with Gasteiger partial charge >= 0.3 is 0 Å². The van der Waals surface area contributed by atoms with Crippen LogP contribution in [0.4, 0.5) is 0 Å². The second-order valence-corrected chi connectivity index (χ2v) is 4.52. The molecule has 0 aliphatic carbocycles. The Morgan fingerprint density at radius 1 is 1.19 bits per heavy atom. The van der Waals surface area contributed by atoms with E-state index in [1.807, 2.05) is 0 Å². The van der Waals surface area contributed by atoms with Crippen LogP contribution in [0.5, 0.6) is 0 Å². The van der Waals surface area contributed by atoms with E-state index in [1.165, 1.54) is 24.0 Å². The lowest BCUT2D eigenvalue weighted by molar-refractivity contribution is 0.358. The minimum absolute atomic E-state index is 1.02. The molecule has 0 atom stereocenters. The third-order valence-corrected chi connectivity index (χ3v) is 2.47. The van der Waals surface area contributed by atoms with Gasteiger partial charge in [0.1, 0.15) is 0 Å². The molecule has 0 bridgehead atoms. The molecule has 0 N–H and O–H groups in total. The highest BCUT2D eigenvalue weighted by molar-refractivity contribution is 5.15. The summed E-state index contributed by atoms with van der Waals surface area (Å²) in [5.41, 5.74) is 2.75. The van der Waals surface area contributed by atoms with Crippen LogP contribution in [0.1, 0.15) is 39.2 Å². The van der Waals surface area contributed by atoms with Gasteiger partial charge in [-0.05, 0) is 32.0 Å². The highest BCUT2D eigenvalue weighted by atomic mass is 15.1. The molecule has 1 rings (SSSR count). The Bertz CT molecular complexity index is 309. The highest BCUT2D eigenvalue weighted by Gasteiger charge is 2.00. The fraction of sp³-hybridized carbons (Fsp3) is 0.467. The predicted octanol–water partition coefficient (Wildman–Crippen LogP) is 4.21. The van der Waals surface area contributed by atoms with E-state index in [2.05, 4.69) is 62.2 Å². The molecule has 0 aromatic heterocycles. The standard InChI is InChI=1S/C15H23N/c1-4-5-11-16(12-14(2)3)13-15-9-7-6-8-10-15/h6-10,12H,4-5,11,13H2,1-3H3. The average molecular weight is 217 g/mol. The first-order chi connectivity index (χ1) is 7.72. The van der Waals surface area contributed by atoms with Crippen LogP contribution in [0.15, 0.2) is 42.1 Å². The Hall–Kier alpha value is -1.24. The summed E-state index contributed by atoms with van der Waals surface area (Å²) in [5, 5.41) is 0. The fourth-order valence-electron chi connectivity index (χ4n) is 1.73. The number of benzene rings is 1. The smallest absolute Gasteiger partial charge is 0.0423 e. The molecule has 0 radical (unpaired) electrons. The van der Waals surface area contributed by atoms with Crippen molar-refractivity contribution in [2.24, 2.45) is 0 Å². The van der Waals surface area contributed by atoms with Crippen LogP contribution in [0.3, 0.4) is 0 Å². The maximum Gasteiger partial charge on any atom is 0.0423 e. The van der Waals surface area contributed by atoms with E-state index < -0.39 is 0 Å². The largest absolute Gasteiger partial charge is 0.373 e. The molecule has 1 aromatic carbocycles. The molecule has 0 fully saturated rings. The number of hydrogen-bond donors (Lipinski definition) is 0. The third-order valence-electron chi connectivity index (χ3n) is 2.47. The zero-order chi connectivity index (χ0) is 11.8. The number of nitrogens with zero attached hydrogens (tertiary/aromatic N) is 1. The topological polar surface area (TPSA) is 3.24 Å². The van der Waals surface area contributed by atoms with Crippen molar-refractivity contribution in [2.75, 3.05) is 6.54 Å². The SMILES string of the molecule is CCCCN(C=C(C)C)Cc1ccccc1. The summed E-state index contributed by atoms with van der Waals surface area (Å²) < 4.78 is 0. The quantitative estimate of drug-likeness (QED) is 0.690. The summed E-state index contributed by atoms with van der Waals surface area (Å²) in [7, 11) is 0. The molecule has 1 aromatic rings. The summed E-state index contributed by atoms with van der Waals surface area (Å²) in [6.07, 6.45) is 4.78. The molecule has 16 heavy (non-hydrogen) atoms. The molecule has 0 heterocycles. The number of hydrogen-bond acceptors (Lipinski definition) is 1. The summed E-state index contributed by atoms with van der Waals surface area (Å²) in [5.74, 6) is 0. The molecule has 0 unspecified atom stereocenters. The highest BCUT2D eigenvalue weighted by Crippen LogP contribution is 2.08. The monoisotopic (exact) mass is 217 g/mol. The minimum Gasteiger partial charge on any atom is -0.373 e. The Kier molecular flexibility index (Phi) is 5.69. The number of unbranched alkanes of at least 4 members (excludes halogenated alkanes) is 1. The van der Waals surface area contributed by atoms with Gasteiger partial charge in [0.25, 0.3) is 0 Å². The summed E-state index contributed by atoms with van der Waals surface area (Å²) in [4.78, 5) is 2.41. The van der Waals surface area contributed by atoms with Crippen molar-refractivity contribution in [3.05, 3.63) is 47.7 Å². The molecule has 0 aliphatic heterocycles.